The quantitative estimate of drug-likeness (QED) is 0.809. The van der Waals surface area contributed by atoms with E-state index in [1.54, 1.807) is 0 Å². The van der Waals surface area contributed by atoms with Crippen LogP contribution in [0.15, 0.2) is 24.3 Å². The molecule has 1 fully saturated rings. The molecular weight excluding hydrogens is 264 g/mol. The monoisotopic (exact) mass is 290 g/mol. The number of carbonyl (C=O) groups excluding carboxylic acids is 1. The van der Waals surface area contributed by atoms with Gasteiger partial charge in [0.25, 0.3) is 0 Å². The standard InChI is InChI=1S/C17H26N2O2/c1-2-21-12-15-7-4-3-6-14(15)11-19-17(20)16-9-5-8-13(16)10-18/h3-4,6-7,13,16H,2,5,8-12,18H2,1H3,(H,19,20). The van der Waals surface area contributed by atoms with Gasteiger partial charge >= 0.3 is 0 Å². The molecule has 1 aliphatic rings. The highest BCUT2D eigenvalue weighted by atomic mass is 16.5. The SMILES string of the molecule is CCOCc1ccccc1CNC(=O)C1CCCC1CN. The number of carbonyl (C=O) groups is 1. The molecule has 0 aromatic heterocycles. The second-order valence-corrected chi connectivity index (χ2v) is 5.66. The Morgan fingerprint density at radius 3 is 2.81 bits per heavy atom. The van der Waals surface area contributed by atoms with Gasteiger partial charge in [0.1, 0.15) is 0 Å². The van der Waals surface area contributed by atoms with Crippen LogP contribution in [0.4, 0.5) is 0 Å². The lowest BCUT2D eigenvalue weighted by molar-refractivity contribution is -0.126. The van der Waals surface area contributed by atoms with Crippen molar-refractivity contribution in [3.8, 4) is 0 Å². The van der Waals surface area contributed by atoms with Crippen LogP contribution in [0, 0.1) is 11.8 Å². The molecule has 3 N–H and O–H groups in total. The maximum absolute atomic E-state index is 12.3. The summed E-state index contributed by atoms with van der Waals surface area (Å²) < 4.78 is 5.47. The maximum Gasteiger partial charge on any atom is 0.223 e. The van der Waals surface area contributed by atoms with Crippen LogP contribution in [0.5, 0.6) is 0 Å². The summed E-state index contributed by atoms with van der Waals surface area (Å²) in [4.78, 5) is 12.3. The Labute approximate surface area is 127 Å². The van der Waals surface area contributed by atoms with Crippen molar-refractivity contribution in [2.45, 2.75) is 39.3 Å². The highest BCUT2D eigenvalue weighted by Crippen LogP contribution is 2.31. The average Bonchev–Trinajstić information content (AvgIpc) is 3.00. The van der Waals surface area contributed by atoms with E-state index in [9.17, 15) is 4.79 Å². The van der Waals surface area contributed by atoms with E-state index in [4.69, 9.17) is 10.5 Å². The molecule has 1 saturated carbocycles. The van der Waals surface area contributed by atoms with E-state index in [-0.39, 0.29) is 11.8 Å². The lowest BCUT2D eigenvalue weighted by Gasteiger charge is -2.18. The van der Waals surface area contributed by atoms with Gasteiger partial charge in [-0.25, -0.2) is 0 Å². The third-order valence-electron chi connectivity index (χ3n) is 4.33. The molecule has 1 aromatic carbocycles. The van der Waals surface area contributed by atoms with Gasteiger partial charge in [-0.2, -0.15) is 0 Å². The van der Waals surface area contributed by atoms with Crippen LogP contribution < -0.4 is 11.1 Å². The third-order valence-corrected chi connectivity index (χ3v) is 4.33. The molecule has 1 aliphatic carbocycles. The fraction of sp³-hybridized carbons (Fsp3) is 0.588. The minimum absolute atomic E-state index is 0.0917. The minimum Gasteiger partial charge on any atom is -0.377 e. The lowest BCUT2D eigenvalue weighted by Crippen LogP contribution is -2.34. The van der Waals surface area contributed by atoms with Crippen molar-refractivity contribution < 1.29 is 9.53 Å². The Morgan fingerprint density at radius 2 is 2.10 bits per heavy atom. The first kappa shape index (κ1) is 16.0. The van der Waals surface area contributed by atoms with E-state index in [2.05, 4.69) is 11.4 Å². The summed E-state index contributed by atoms with van der Waals surface area (Å²) in [5.74, 6) is 0.590. The number of hydrogen-bond donors (Lipinski definition) is 2. The fourth-order valence-corrected chi connectivity index (χ4v) is 3.06. The average molecular weight is 290 g/mol. The van der Waals surface area contributed by atoms with Crippen molar-refractivity contribution in [2.75, 3.05) is 13.2 Å². The first-order chi connectivity index (χ1) is 10.3. The van der Waals surface area contributed by atoms with Gasteiger partial charge < -0.3 is 15.8 Å². The summed E-state index contributed by atoms with van der Waals surface area (Å²) >= 11 is 0. The molecule has 0 saturated heterocycles. The van der Waals surface area contributed by atoms with Crippen LogP contribution in [-0.4, -0.2) is 19.1 Å². The number of hydrogen-bond acceptors (Lipinski definition) is 3. The van der Waals surface area contributed by atoms with E-state index >= 15 is 0 Å². The molecule has 2 rings (SSSR count). The Hall–Kier alpha value is -1.39. The van der Waals surface area contributed by atoms with Crippen molar-refractivity contribution in [1.82, 2.24) is 5.32 Å². The van der Waals surface area contributed by atoms with Crippen LogP contribution in [0.3, 0.4) is 0 Å². The maximum atomic E-state index is 12.3. The van der Waals surface area contributed by atoms with Gasteiger partial charge in [0, 0.05) is 19.1 Å². The second kappa shape index (κ2) is 8.15. The predicted octanol–water partition coefficient (Wildman–Crippen LogP) is 2.21. The summed E-state index contributed by atoms with van der Waals surface area (Å²) in [6.45, 7) is 4.45. The molecule has 1 aromatic rings. The zero-order valence-electron chi connectivity index (χ0n) is 12.8. The Balaban J connectivity index is 1.92. The normalized spacial score (nSPS) is 21.4. The number of nitrogens with one attached hydrogen (secondary N) is 1. The van der Waals surface area contributed by atoms with E-state index in [0.29, 0.717) is 32.2 Å². The largest absolute Gasteiger partial charge is 0.377 e. The summed E-state index contributed by atoms with van der Waals surface area (Å²) in [5, 5.41) is 3.07. The molecule has 1 amide bonds. The van der Waals surface area contributed by atoms with Gasteiger partial charge in [-0.05, 0) is 43.4 Å². The molecule has 0 aliphatic heterocycles. The van der Waals surface area contributed by atoms with Crippen LogP contribution in [0.2, 0.25) is 0 Å². The Morgan fingerprint density at radius 1 is 1.33 bits per heavy atom. The van der Waals surface area contributed by atoms with Crippen LogP contribution in [0.1, 0.15) is 37.3 Å². The summed E-state index contributed by atoms with van der Waals surface area (Å²) in [6, 6.07) is 8.09. The first-order valence-corrected chi connectivity index (χ1v) is 7.88. The van der Waals surface area contributed by atoms with Crippen LogP contribution >= 0.6 is 0 Å². The Kier molecular flexibility index (Phi) is 6.21. The molecule has 2 unspecified atom stereocenters. The Bertz CT molecular complexity index is 462. The molecule has 2 atom stereocenters. The predicted molar refractivity (Wildman–Crippen MR) is 83.5 cm³/mol. The summed E-state index contributed by atoms with van der Waals surface area (Å²) in [5.41, 5.74) is 8.02. The molecule has 0 spiro atoms. The topological polar surface area (TPSA) is 64.3 Å². The molecule has 4 nitrogen and oxygen atoms in total. The second-order valence-electron chi connectivity index (χ2n) is 5.66. The number of nitrogens with two attached hydrogens (primary N) is 1. The van der Waals surface area contributed by atoms with Gasteiger partial charge in [-0.3, -0.25) is 4.79 Å². The van der Waals surface area contributed by atoms with Crippen molar-refractivity contribution in [3.63, 3.8) is 0 Å². The zero-order valence-corrected chi connectivity index (χ0v) is 12.8. The van der Waals surface area contributed by atoms with E-state index in [1.807, 2.05) is 25.1 Å². The minimum atomic E-state index is 0.0917. The summed E-state index contributed by atoms with van der Waals surface area (Å²) in [6.07, 6.45) is 3.16. The molecule has 0 heterocycles. The van der Waals surface area contributed by atoms with Crippen molar-refractivity contribution in [3.05, 3.63) is 35.4 Å². The lowest BCUT2D eigenvalue weighted by atomic mass is 9.95. The highest BCUT2D eigenvalue weighted by molar-refractivity contribution is 5.79. The highest BCUT2D eigenvalue weighted by Gasteiger charge is 2.31. The number of amides is 1. The fourth-order valence-electron chi connectivity index (χ4n) is 3.06. The number of rotatable bonds is 7. The van der Waals surface area contributed by atoms with E-state index in [0.717, 1.165) is 30.4 Å². The zero-order chi connectivity index (χ0) is 15.1. The molecule has 21 heavy (non-hydrogen) atoms. The van der Waals surface area contributed by atoms with Crippen molar-refractivity contribution in [2.24, 2.45) is 17.6 Å². The van der Waals surface area contributed by atoms with Crippen molar-refractivity contribution in [1.29, 1.82) is 0 Å². The van der Waals surface area contributed by atoms with Gasteiger partial charge in [0.2, 0.25) is 5.91 Å². The molecule has 0 bridgehead atoms. The third kappa shape index (κ3) is 4.29. The van der Waals surface area contributed by atoms with Gasteiger partial charge in [0.15, 0.2) is 0 Å². The van der Waals surface area contributed by atoms with Gasteiger partial charge in [-0.1, -0.05) is 30.7 Å². The molecule has 0 radical (unpaired) electrons. The number of ether oxygens (including phenoxy) is 1. The van der Waals surface area contributed by atoms with Gasteiger partial charge in [0.05, 0.1) is 6.61 Å². The first-order valence-electron chi connectivity index (χ1n) is 7.88. The molecule has 4 heteroatoms. The van der Waals surface area contributed by atoms with Crippen LogP contribution in [0.25, 0.3) is 0 Å². The number of benzene rings is 1. The van der Waals surface area contributed by atoms with Gasteiger partial charge in [-0.15, -0.1) is 0 Å². The van der Waals surface area contributed by atoms with E-state index in [1.165, 1.54) is 0 Å². The van der Waals surface area contributed by atoms with Crippen LogP contribution in [-0.2, 0) is 22.7 Å². The molecule has 116 valence electrons. The smallest absolute Gasteiger partial charge is 0.223 e. The molecular formula is C17H26N2O2. The van der Waals surface area contributed by atoms with E-state index < -0.39 is 0 Å². The summed E-state index contributed by atoms with van der Waals surface area (Å²) in [7, 11) is 0. The van der Waals surface area contributed by atoms with Crippen molar-refractivity contribution >= 4 is 5.91 Å².